The molecule has 0 bridgehead atoms. The molecule has 1 N–H and O–H groups in total. The van der Waals surface area contributed by atoms with Gasteiger partial charge in [0.05, 0.1) is 21.3 Å². The number of hydrogen-bond acceptors (Lipinski definition) is 6. The number of benzene rings is 2. The Bertz CT molecular complexity index is 987. The number of thiazole rings is 1. The molecule has 7 heteroatoms. The van der Waals surface area contributed by atoms with Gasteiger partial charge < -0.3 is 19.5 Å². The Morgan fingerprint density at radius 1 is 1.25 bits per heavy atom. The Labute approximate surface area is 177 Å². The smallest absolute Gasteiger partial charge is 0.188 e. The van der Waals surface area contributed by atoms with Crippen molar-refractivity contribution in [1.82, 2.24) is 4.98 Å². The van der Waals surface area contributed by atoms with Crippen molar-refractivity contribution in [1.29, 1.82) is 0 Å². The van der Waals surface area contributed by atoms with E-state index in [0.29, 0.717) is 6.54 Å². The lowest BCUT2D eigenvalue weighted by Gasteiger charge is -2.20. The van der Waals surface area contributed by atoms with Crippen LogP contribution in [0.4, 0.5) is 5.69 Å². The summed E-state index contributed by atoms with van der Waals surface area (Å²) in [5, 5.41) is 10.1. The zero-order valence-corrected chi connectivity index (χ0v) is 18.5. The van der Waals surface area contributed by atoms with Crippen molar-refractivity contribution in [2.45, 2.75) is 6.92 Å². The first-order chi connectivity index (χ1) is 13.5. The largest absolute Gasteiger partial charge is 0.466 e. The normalized spacial score (nSPS) is 11.5. The molecule has 5 nitrogen and oxygen atoms in total. The molecule has 0 aliphatic carbocycles. The van der Waals surface area contributed by atoms with Crippen LogP contribution in [0.1, 0.15) is 16.1 Å². The number of aliphatic hydroxyl groups excluding tert-OH is 1. The number of aromatic nitrogens is 1. The van der Waals surface area contributed by atoms with Crippen molar-refractivity contribution >= 4 is 55.3 Å². The molecule has 0 unspecified atom stereocenters. The van der Waals surface area contributed by atoms with Crippen LogP contribution in [0.15, 0.2) is 34.8 Å². The van der Waals surface area contributed by atoms with Crippen LogP contribution >= 0.6 is 27.3 Å². The fourth-order valence-corrected chi connectivity index (χ4v) is 4.26. The SMILES string of the molecule is COCOc1ccc(C=Cc2nc3cc(C)c(N(C)CCO)cc3s2)cc1Br. The van der Waals surface area contributed by atoms with E-state index in [2.05, 4.69) is 39.9 Å². The maximum Gasteiger partial charge on any atom is 0.188 e. The molecule has 148 valence electrons. The van der Waals surface area contributed by atoms with Gasteiger partial charge in [0.2, 0.25) is 0 Å². The molecule has 1 heterocycles. The highest BCUT2D eigenvalue weighted by molar-refractivity contribution is 9.10. The van der Waals surface area contributed by atoms with Crippen molar-refractivity contribution in [3.63, 3.8) is 0 Å². The van der Waals surface area contributed by atoms with E-state index in [1.807, 2.05) is 37.4 Å². The Balaban J connectivity index is 1.81. The van der Waals surface area contributed by atoms with E-state index in [9.17, 15) is 5.11 Å². The van der Waals surface area contributed by atoms with E-state index in [1.165, 1.54) is 0 Å². The minimum atomic E-state index is 0.134. The Morgan fingerprint density at radius 2 is 2.07 bits per heavy atom. The Kier molecular flexibility index (Phi) is 7.07. The maximum absolute atomic E-state index is 9.19. The highest BCUT2D eigenvalue weighted by Gasteiger charge is 2.09. The van der Waals surface area contributed by atoms with E-state index < -0.39 is 0 Å². The average Bonchev–Trinajstić information content (AvgIpc) is 3.06. The van der Waals surface area contributed by atoms with Crippen LogP contribution < -0.4 is 9.64 Å². The molecule has 0 saturated heterocycles. The zero-order chi connectivity index (χ0) is 20.1. The molecule has 3 aromatic rings. The highest BCUT2D eigenvalue weighted by atomic mass is 79.9. The van der Waals surface area contributed by atoms with Gasteiger partial charge in [0.25, 0.3) is 0 Å². The van der Waals surface area contributed by atoms with Crippen LogP contribution in [0.5, 0.6) is 5.75 Å². The van der Waals surface area contributed by atoms with Gasteiger partial charge in [0.1, 0.15) is 10.8 Å². The van der Waals surface area contributed by atoms with Crippen molar-refractivity contribution < 1.29 is 14.6 Å². The molecule has 0 saturated carbocycles. The first-order valence-electron chi connectivity index (χ1n) is 8.84. The fourth-order valence-electron chi connectivity index (χ4n) is 2.87. The summed E-state index contributed by atoms with van der Waals surface area (Å²) in [6.07, 6.45) is 4.06. The van der Waals surface area contributed by atoms with Gasteiger partial charge in [0.15, 0.2) is 6.79 Å². The molecule has 2 aromatic carbocycles. The topological polar surface area (TPSA) is 54.8 Å². The minimum absolute atomic E-state index is 0.134. The number of methoxy groups -OCH3 is 1. The van der Waals surface area contributed by atoms with Gasteiger partial charge in [-0.2, -0.15) is 0 Å². The summed E-state index contributed by atoms with van der Waals surface area (Å²) in [5.74, 6) is 0.744. The predicted octanol–water partition coefficient (Wildman–Crippen LogP) is 4.95. The lowest BCUT2D eigenvalue weighted by atomic mass is 10.1. The molecular weight excluding hydrogens is 440 g/mol. The first kappa shape index (κ1) is 20.8. The van der Waals surface area contributed by atoms with Crippen LogP contribution in [0.25, 0.3) is 22.4 Å². The lowest BCUT2D eigenvalue weighted by molar-refractivity contribution is 0.0506. The second-order valence-electron chi connectivity index (χ2n) is 6.38. The number of aliphatic hydroxyl groups is 1. The van der Waals surface area contributed by atoms with Gasteiger partial charge >= 0.3 is 0 Å². The van der Waals surface area contributed by atoms with Crippen LogP contribution in [0.3, 0.4) is 0 Å². The summed E-state index contributed by atoms with van der Waals surface area (Å²) in [5.41, 5.74) is 4.32. The standard InChI is InChI=1S/C21H23BrN2O3S/c1-14-10-17-20(12-18(14)24(2)8-9-25)28-21(23-17)7-5-15-4-6-19(16(22)11-15)27-13-26-3/h4-7,10-12,25H,8-9,13H2,1-3H3. The number of anilines is 1. The minimum Gasteiger partial charge on any atom is -0.466 e. The van der Waals surface area contributed by atoms with Crippen molar-refractivity contribution in [3.8, 4) is 5.75 Å². The van der Waals surface area contributed by atoms with Crippen LogP contribution in [-0.4, -0.2) is 44.2 Å². The molecule has 0 fully saturated rings. The van der Waals surface area contributed by atoms with Gasteiger partial charge in [-0.3, -0.25) is 0 Å². The van der Waals surface area contributed by atoms with Gasteiger partial charge in [-0.15, -0.1) is 11.3 Å². The molecule has 28 heavy (non-hydrogen) atoms. The van der Waals surface area contributed by atoms with Crippen LogP contribution in [0, 0.1) is 6.92 Å². The molecule has 0 spiro atoms. The molecule has 0 radical (unpaired) electrons. The summed E-state index contributed by atoms with van der Waals surface area (Å²) in [6, 6.07) is 10.2. The molecular formula is C21H23BrN2O3S. The number of fused-ring (bicyclic) bond motifs is 1. The van der Waals surface area contributed by atoms with Gasteiger partial charge in [-0.25, -0.2) is 4.98 Å². The van der Waals surface area contributed by atoms with Gasteiger partial charge in [0, 0.05) is 26.4 Å². The third-order valence-electron chi connectivity index (χ3n) is 4.28. The summed E-state index contributed by atoms with van der Waals surface area (Å²) in [4.78, 5) is 6.79. The third kappa shape index (κ3) is 4.91. The summed E-state index contributed by atoms with van der Waals surface area (Å²) >= 11 is 5.18. The number of aryl methyl sites for hydroxylation is 1. The maximum atomic E-state index is 9.19. The monoisotopic (exact) mass is 462 g/mol. The number of ether oxygens (including phenoxy) is 2. The fraction of sp³-hybridized carbons (Fsp3) is 0.286. The van der Waals surface area contributed by atoms with E-state index in [1.54, 1.807) is 18.4 Å². The van der Waals surface area contributed by atoms with Gasteiger partial charge in [-0.05, 0) is 64.3 Å². The zero-order valence-electron chi connectivity index (χ0n) is 16.1. The number of halogens is 1. The molecule has 0 aliphatic heterocycles. The lowest BCUT2D eigenvalue weighted by Crippen LogP contribution is -2.21. The summed E-state index contributed by atoms with van der Waals surface area (Å²) in [6.45, 7) is 3.03. The molecule has 1 aromatic heterocycles. The number of rotatable bonds is 8. The van der Waals surface area contributed by atoms with Crippen molar-refractivity contribution in [2.24, 2.45) is 0 Å². The average molecular weight is 463 g/mol. The quantitative estimate of drug-likeness (QED) is 0.480. The summed E-state index contributed by atoms with van der Waals surface area (Å²) < 4.78 is 12.4. The molecule has 0 atom stereocenters. The van der Waals surface area contributed by atoms with E-state index in [-0.39, 0.29) is 13.4 Å². The third-order valence-corrected chi connectivity index (χ3v) is 5.88. The Morgan fingerprint density at radius 3 is 2.79 bits per heavy atom. The first-order valence-corrected chi connectivity index (χ1v) is 10.5. The number of nitrogens with zero attached hydrogens (tertiary/aromatic N) is 2. The van der Waals surface area contributed by atoms with E-state index in [0.717, 1.165) is 42.3 Å². The molecule has 3 rings (SSSR count). The highest BCUT2D eigenvalue weighted by Crippen LogP contribution is 2.31. The number of hydrogen-bond donors (Lipinski definition) is 1. The van der Waals surface area contributed by atoms with Crippen LogP contribution in [0.2, 0.25) is 0 Å². The molecule has 0 amide bonds. The van der Waals surface area contributed by atoms with E-state index >= 15 is 0 Å². The molecule has 0 aliphatic rings. The Hall–Kier alpha value is -1.93. The second kappa shape index (κ2) is 9.52. The van der Waals surface area contributed by atoms with Crippen LogP contribution in [-0.2, 0) is 4.74 Å². The van der Waals surface area contributed by atoms with E-state index in [4.69, 9.17) is 14.5 Å². The van der Waals surface area contributed by atoms with Crippen molar-refractivity contribution in [3.05, 3.63) is 50.9 Å². The van der Waals surface area contributed by atoms with Crippen molar-refractivity contribution in [2.75, 3.05) is 39.0 Å². The number of likely N-dealkylation sites (N-methyl/N-ethyl adjacent to an activating group) is 1. The predicted molar refractivity (Wildman–Crippen MR) is 120 cm³/mol. The second-order valence-corrected chi connectivity index (χ2v) is 8.29. The van der Waals surface area contributed by atoms with Gasteiger partial charge in [-0.1, -0.05) is 12.1 Å². The summed E-state index contributed by atoms with van der Waals surface area (Å²) in [7, 11) is 3.59.